The van der Waals surface area contributed by atoms with Crippen molar-refractivity contribution in [3.05, 3.63) is 12.2 Å². The van der Waals surface area contributed by atoms with Crippen LogP contribution in [-0.2, 0) is 4.79 Å². The zero-order valence-corrected chi connectivity index (χ0v) is 14.4. The van der Waals surface area contributed by atoms with Crippen molar-refractivity contribution < 1.29 is 9.90 Å². The number of aliphatic hydroxyl groups is 1. The molecule has 0 amide bonds. The van der Waals surface area contributed by atoms with Gasteiger partial charge in [0.15, 0.2) is 0 Å². The summed E-state index contributed by atoms with van der Waals surface area (Å²) in [5, 5.41) is 10.0. The Morgan fingerprint density at radius 1 is 1.29 bits per heavy atom. The molecule has 2 aliphatic carbocycles. The van der Waals surface area contributed by atoms with Crippen LogP contribution in [0, 0.1) is 29.1 Å². The van der Waals surface area contributed by atoms with Gasteiger partial charge in [0.05, 0.1) is 5.60 Å². The van der Waals surface area contributed by atoms with Gasteiger partial charge in [0.2, 0.25) is 0 Å². The third kappa shape index (κ3) is 3.26. The van der Waals surface area contributed by atoms with E-state index in [0.717, 1.165) is 19.3 Å². The number of carbonyl (C=O) groups excluding carboxylic acids is 1. The number of hydrogen-bond donors (Lipinski definition) is 1. The molecule has 2 nitrogen and oxygen atoms in total. The largest absolute Gasteiger partial charge is 0.390 e. The Morgan fingerprint density at radius 3 is 2.57 bits per heavy atom. The normalized spacial score (nSPS) is 36.8. The van der Waals surface area contributed by atoms with Crippen LogP contribution >= 0.6 is 0 Å². The lowest BCUT2D eigenvalue weighted by Crippen LogP contribution is -2.39. The standard InChI is InChI=1S/C19H32O2/c1-13(8-9-14(2)18(3,4)21)15-10-11-16-17(20)7-6-12-19(15,16)5/h8-9,13-16,21H,6-7,10-12H2,1-5H3/b9-8+/t13-,14+,15+,16?,19+/m0/s1. The van der Waals surface area contributed by atoms with Crippen molar-refractivity contribution in [3.8, 4) is 0 Å². The fourth-order valence-corrected chi connectivity index (χ4v) is 4.55. The van der Waals surface area contributed by atoms with Crippen LogP contribution in [-0.4, -0.2) is 16.5 Å². The van der Waals surface area contributed by atoms with Gasteiger partial charge < -0.3 is 5.11 Å². The monoisotopic (exact) mass is 292 g/mol. The summed E-state index contributed by atoms with van der Waals surface area (Å²) in [5.41, 5.74) is -0.462. The number of hydrogen-bond acceptors (Lipinski definition) is 2. The van der Waals surface area contributed by atoms with Gasteiger partial charge in [0, 0.05) is 18.3 Å². The SMILES string of the molecule is C[C@H](/C=C/[C@H](C)[C@H]1CCC2C(=O)CCC[C@@]21C)C(C)(C)O. The average Bonchev–Trinajstić information content (AvgIpc) is 2.73. The Labute approximate surface area is 130 Å². The van der Waals surface area contributed by atoms with Gasteiger partial charge in [-0.3, -0.25) is 4.79 Å². The molecule has 2 aliphatic rings. The van der Waals surface area contributed by atoms with Crippen molar-refractivity contribution in [1.29, 1.82) is 0 Å². The third-order valence-corrected chi connectivity index (χ3v) is 6.39. The highest BCUT2D eigenvalue weighted by Gasteiger charge is 2.51. The summed E-state index contributed by atoms with van der Waals surface area (Å²) >= 11 is 0. The van der Waals surface area contributed by atoms with Crippen molar-refractivity contribution in [2.75, 3.05) is 0 Å². The van der Waals surface area contributed by atoms with Gasteiger partial charge in [-0.05, 0) is 56.8 Å². The molecule has 0 aliphatic heterocycles. The maximum atomic E-state index is 12.2. The van der Waals surface area contributed by atoms with E-state index in [1.54, 1.807) is 0 Å². The van der Waals surface area contributed by atoms with E-state index < -0.39 is 5.60 Å². The number of rotatable bonds is 4. The summed E-state index contributed by atoms with van der Waals surface area (Å²) in [7, 11) is 0. The first-order chi connectivity index (χ1) is 9.66. The number of carbonyl (C=O) groups is 1. The number of ketones is 1. The van der Waals surface area contributed by atoms with E-state index in [-0.39, 0.29) is 11.3 Å². The molecule has 5 atom stereocenters. The summed E-state index contributed by atoms with van der Waals surface area (Å²) in [6.45, 7) is 10.4. The zero-order chi connectivity index (χ0) is 15.8. The summed E-state index contributed by atoms with van der Waals surface area (Å²) in [4.78, 5) is 12.2. The maximum Gasteiger partial charge on any atom is 0.136 e. The van der Waals surface area contributed by atoms with Gasteiger partial charge >= 0.3 is 0 Å². The molecule has 2 rings (SSSR count). The molecule has 0 radical (unpaired) electrons. The second-order valence-corrected chi connectivity index (χ2v) is 8.25. The summed E-state index contributed by atoms with van der Waals surface area (Å²) in [5.74, 6) is 2.05. The highest BCUT2D eigenvalue weighted by atomic mass is 16.3. The van der Waals surface area contributed by atoms with Crippen molar-refractivity contribution in [2.24, 2.45) is 29.1 Å². The molecule has 0 bridgehead atoms. The quantitative estimate of drug-likeness (QED) is 0.781. The maximum absolute atomic E-state index is 12.2. The number of allylic oxidation sites excluding steroid dienone is 1. The molecule has 0 saturated heterocycles. The van der Waals surface area contributed by atoms with Crippen LogP contribution < -0.4 is 0 Å². The van der Waals surface area contributed by atoms with Gasteiger partial charge in [-0.25, -0.2) is 0 Å². The molecule has 0 heterocycles. The molecular weight excluding hydrogens is 260 g/mol. The number of fused-ring (bicyclic) bond motifs is 1. The summed E-state index contributed by atoms with van der Waals surface area (Å²) < 4.78 is 0. The highest BCUT2D eigenvalue weighted by molar-refractivity contribution is 5.83. The molecule has 0 aromatic carbocycles. The van der Waals surface area contributed by atoms with Crippen LogP contribution in [0.15, 0.2) is 12.2 Å². The minimum absolute atomic E-state index is 0.151. The molecule has 0 aromatic rings. The Balaban J connectivity index is 2.08. The van der Waals surface area contributed by atoms with Crippen LogP contribution in [0.3, 0.4) is 0 Å². The molecule has 21 heavy (non-hydrogen) atoms. The molecule has 0 spiro atoms. The van der Waals surface area contributed by atoms with Crippen molar-refractivity contribution in [3.63, 3.8) is 0 Å². The molecule has 2 heteroatoms. The van der Waals surface area contributed by atoms with E-state index in [0.29, 0.717) is 23.5 Å². The Morgan fingerprint density at radius 2 is 1.95 bits per heavy atom. The van der Waals surface area contributed by atoms with Gasteiger partial charge in [-0.15, -0.1) is 0 Å². The van der Waals surface area contributed by atoms with E-state index in [9.17, 15) is 9.90 Å². The topological polar surface area (TPSA) is 37.3 Å². The smallest absolute Gasteiger partial charge is 0.136 e. The van der Waals surface area contributed by atoms with Gasteiger partial charge in [0.25, 0.3) is 0 Å². The minimum Gasteiger partial charge on any atom is -0.390 e. The first-order valence-corrected chi connectivity index (χ1v) is 8.59. The lowest BCUT2D eigenvalue weighted by molar-refractivity contribution is -0.129. The predicted octanol–water partition coefficient (Wildman–Crippen LogP) is 4.37. The van der Waals surface area contributed by atoms with Crippen molar-refractivity contribution in [2.45, 2.75) is 72.3 Å². The molecule has 2 fully saturated rings. The average molecular weight is 292 g/mol. The van der Waals surface area contributed by atoms with Crippen LogP contribution in [0.2, 0.25) is 0 Å². The van der Waals surface area contributed by atoms with Crippen molar-refractivity contribution in [1.82, 2.24) is 0 Å². The first-order valence-electron chi connectivity index (χ1n) is 8.59. The molecular formula is C19H32O2. The van der Waals surface area contributed by atoms with E-state index in [1.165, 1.54) is 12.8 Å². The Hall–Kier alpha value is -0.630. The summed E-state index contributed by atoms with van der Waals surface area (Å²) in [6.07, 6.45) is 9.76. The van der Waals surface area contributed by atoms with E-state index >= 15 is 0 Å². The fourth-order valence-electron chi connectivity index (χ4n) is 4.55. The lowest BCUT2D eigenvalue weighted by Gasteiger charge is -2.41. The third-order valence-electron chi connectivity index (χ3n) is 6.39. The van der Waals surface area contributed by atoms with Crippen molar-refractivity contribution >= 4 is 5.78 Å². The molecule has 1 N–H and O–H groups in total. The van der Waals surface area contributed by atoms with Gasteiger partial charge in [-0.1, -0.05) is 32.9 Å². The highest BCUT2D eigenvalue weighted by Crippen LogP contribution is 2.56. The Kier molecular flexibility index (Phi) is 4.68. The van der Waals surface area contributed by atoms with Gasteiger partial charge in [-0.2, -0.15) is 0 Å². The van der Waals surface area contributed by atoms with E-state index in [1.807, 2.05) is 13.8 Å². The van der Waals surface area contributed by atoms with Crippen LogP contribution in [0.1, 0.15) is 66.7 Å². The second-order valence-electron chi connectivity index (χ2n) is 8.25. The first kappa shape index (κ1) is 16.7. The van der Waals surface area contributed by atoms with Crippen LogP contribution in [0.5, 0.6) is 0 Å². The molecule has 2 saturated carbocycles. The summed E-state index contributed by atoms with van der Waals surface area (Å²) in [6, 6.07) is 0. The van der Waals surface area contributed by atoms with E-state index in [2.05, 4.69) is 32.9 Å². The molecule has 0 aromatic heterocycles. The van der Waals surface area contributed by atoms with E-state index in [4.69, 9.17) is 0 Å². The van der Waals surface area contributed by atoms with Crippen LogP contribution in [0.25, 0.3) is 0 Å². The predicted molar refractivity (Wildman–Crippen MR) is 86.9 cm³/mol. The van der Waals surface area contributed by atoms with Crippen LogP contribution in [0.4, 0.5) is 0 Å². The Bertz CT molecular complexity index is 418. The molecule has 120 valence electrons. The second kappa shape index (κ2) is 5.87. The fraction of sp³-hybridized carbons (Fsp3) is 0.842. The van der Waals surface area contributed by atoms with Gasteiger partial charge in [0.1, 0.15) is 5.78 Å². The lowest BCUT2D eigenvalue weighted by atomic mass is 9.62. The zero-order valence-electron chi connectivity index (χ0n) is 14.4. The molecule has 1 unspecified atom stereocenters. The number of Topliss-reactive ketones (excluding diaryl/α,β-unsaturated/α-hetero) is 1. The minimum atomic E-state index is -0.668.